The summed E-state index contributed by atoms with van der Waals surface area (Å²) in [6.07, 6.45) is 4.08. The van der Waals surface area contributed by atoms with E-state index in [9.17, 15) is 18.0 Å². The highest BCUT2D eigenvalue weighted by molar-refractivity contribution is 7.91. The van der Waals surface area contributed by atoms with Crippen molar-refractivity contribution in [2.45, 2.75) is 49.9 Å². The maximum atomic E-state index is 12.4. The zero-order valence-electron chi connectivity index (χ0n) is 13.7. The lowest BCUT2D eigenvalue weighted by Crippen LogP contribution is -2.49. The summed E-state index contributed by atoms with van der Waals surface area (Å²) in [6, 6.07) is 0.0678. The number of nitrogens with one attached hydrogen (secondary N) is 1. The van der Waals surface area contributed by atoms with Gasteiger partial charge in [-0.1, -0.05) is 0 Å². The Morgan fingerprint density at radius 3 is 2.67 bits per heavy atom. The number of carbonyl (C=O) groups is 2. The first-order valence-corrected chi connectivity index (χ1v) is 10.9. The van der Waals surface area contributed by atoms with Crippen LogP contribution in [0.4, 0.5) is 0 Å². The Labute approximate surface area is 145 Å². The molecular formula is C15H21N3O4S2. The van der Waals surface area contributed by atoms with Gasteiger partial charge in [0.25, 0.3) is 11.8 Å². The van der Waals surface area contributed by atoms with Gasteiger partial charge in [-0.2, -0.15) is 0 Å². The fourth-order valence-corrected chi connectivity index (χ4v) is 5.00. The molecule has 1 saturated carbocycles. The van der Waals surface area contributed by atoms with Crippen molar-refractivity contribution >= 4 is 33.0 Å². The second-order valence-electron chi connectivity index (χ2n) is 6.62. The van der Waals surface area contributed by atoms with Crippen LogP contribution in [-0.4, -0.2) is 60.3 Å². The highest BCUT2D eigenvalue weighted by Gasteiger charge is 2.37. The molecule has 7 nitrogen and oxygen atoms in total. The lowest BCUT2D eigenvalue weighted by molar-refractivity contribution is 0.0742. The van der Waals surface area contributed by atoms with Crippen molar-refractivity contribution in [3.8, 4) is 0 Å². The van der Waals surface area contributed by atoms with Crippen LogP contribution in [0.3, 0.4) is 0 Å². The Balaban J connectivity index is 1.58. The lowest BCUT2D eigenvalue weighted by Gasteiger charge is -2.34. The number of nitrogens with zero attached hydrogens (tertiary/aromatic N) is 2. The fourth-order valence-electron chi connectivity index (χ4n) is 3.14. The molecule has 0 bridgehead atoms. The topological polar surface area (TPSA) is 96.4 Å². The summed E-state index contributed by atoms with van der Waals surface area (Å²) in [5.41, 5.74) is 0.307. The molecule has 1 aromatic heterocycles. The molecule has 1 aliphatic carbocycles. The van der Waals surface area contributed by atoms with E-state index >= 15 is 0 Å². The Morgan fingerprint density at radius 2 is 2.08 bits per heavy atom. The van der Waals surface area contributed by atoms with Gasteiger partial charge >= 0.3 is 0 Å². The first-order chi connectivity index (χ1) is 11.3. The molecule has 0 aromatic carbocycles. The zero-order valence-corrected chi connectivity index (χ0v) is 15.3. The van der Waals surface area contributed by atoms with Crippen molar-refractivity contribution in [3.05, 3.63) is 16.1 Å². The van der Waals surface area contributed by atoms with Crippen molar-refractivity contribution in [2.24, 2.45) is 0 Å². The third-order valence-electron chi connectivity index (χ3n) is 4.77. The number of thiazole rings is 1. The molecule has 1 saturated heterocycles. The van der Waals surface area contributed by atoms with Gasteiger partial charge in [0, 0.05) is 30.3 Å². The number of hydrogen-bond acceptors (Lipinski definition) is 6. The first-order valence-electron chi connectivity index (χ1n) is 8.02. The minimum atomic E-state index is -3.04. The van der Waals surface area contributed by atoms with Gasteiger partial charge in [-0.15, -0.1) is 11.3 Å². The molecule has 3 rings (SSSR count). The third-order valence-corrected chi connectivity index (χ3v) is 7.20. The van der Waals surface area contributed by atoms with E-state index in [1.807, 2.05) is 6.92 Å². The smallest absolute Gasteiger partial charge is 0.280 e. The summed E-state index contributed by atoms with van der Waals surface area (Å²) in [7, 11) is -3.04. The standard InChI is InChI=1S/C15H21N3O4S2/c1-9-4-3-5-18(9)15(20)12-8-23-14(17-12)13(19)16-10-6-11(7-10)24(2,21)22/h8-11H,3-7H2,1-2H3,(H,16,19). The third kappa shape index (κ3) is 3.46. The van der Waals surface area contributed by atoms with Gasteiger partial charge in [0.05, 0.1) is 5.25 Å². The molecule has 2 heterocycles. The number of rotatable bonds is 4. The minimum absolute atomic E-state index is 0.129. The number of amides is 2. The van der Waals surface area contributed by atoms with Crippen molar-refractivity contribution in [1.29, 1.82) is 0 Å². The van der Waals surface area contributed by atoms with Crippen LogP contribution in [-0.2, 0) is 9.84 Å². The normalized spacial score (nSPS) is 26.9. The molecule has 24 heavy (non-hydrogen) atoms. The average molecular weight is 371 g/mol. The van der Waals surface area contributed by atoms with Crippen LogP contribution in [0, 0.1) is 0 Å². The Morgan fingerprint density at radius 1 is 1.38 bits per heavy atom. The molecule has 9 heteroatoms. The maximum absolute atomic E-state index is 12.4. The Kier molecular flexibility index (Phi) is 4.65. The lowest BCUT2D eigenvalue weighted by atomic mass is 9.92. The van der Waals surface area contributed by atoms with E-state index in [4.69, 9.17) is 0 Å². The molecule has 132 valence electrons. The van der Waals surface area contributed by atoms with E-state index in [2.05, 4.69) is 10.3 Å². The van der Waals surface area contributed by atoms with Crippen LogP contribution >= 0.6 is 11.3 Å². The predicted octanol–water partition coefficient (Wildman–Crippen LogP) is 1.07. The van der Waals surface area contributed by atoms with E-state index in [0.29, 0.717) is 18.5 Å². The first kappa shape index (κ1) is 17.3. The van der Waals surface area contributed by atoms with Crippen LogP contribution < -0.4 is 5.32 Å². The van der Waals surface area contributed by atoms with Crippen molar-refractivity contribution < 1.29 is 18.0 Å². The molecule has 0 spiro atoms. The molecule has 1 aliphatic heterocycles. The number of aromatic nitrogens is 1. The summed E-state index contributed by atoms with van der Waals surface area (Å²) in [5.74, 6) is -0.471. The summed E-state index contributed by atoms with van der Waals surface area (Å²) in [4.78, 5) is 30.6. The van der Waals surface area contributed by atoms with Gasteiger partial charge in [-0.05, 0) is 32.6 Å². The molecule has 2 amide bonds. The minimum Gasteiger partial charge on any atom is -0.347 e. The molecule has 1 unspecified atom stereocenters. The zero-order chi connectivity index (χ0) is 17.5. The number of carbonyl (C=O) groups excluding carboxylic acids is 2. The van der Waals surface area contributed by atoms with Crippen LogP contribution in [0.5, 0.6) is 0 Å². The van der Waals surface area contributed by atoms with E-state index in [-0.39, 0.29) is 34.2 Å². The number of likely N-dealkylation sites (tertiary alicyclic amines) is 1. The molecule has 1 atom stereocenters. The highest BCUT2D eigenvalue weighted by atomic mass is 32.2. The Bertz CT molecular complexity index is 753. The van der Waals surface area contributed by atoms with Gasteiger partial charge in [0.1, 0.15) is 15.5 Å². The summed E-state index contributed by atoms with van der Waals surface area (Å²) < 4.78 is 22.8. The summed E-state index contributed by atoms with van der Waals surface area (Å²) in [6.45, 7) is 2.74. The quantitative estimate of drug-likeness (QED) is 0.854. The van der Waals surface area contributed by atoms with Crippen LogP contribution in [0.1, 0.15) is 52.9 Å². The van der Waals surface area contributed by atoms with Gasteiger partial charge in [0.2, 0.25) is 0 Å². The van der Waals surface area contributed by atoms with Crippen LogP contribution in [0.25, 0.3) is 0 Å². The van der Waals surface area contributed by atoms with E-state index in [1.54, 1.807) is 10.3 Å². The van der Waals surface area contributed by atoms with E-state index in [1.165, 1.54) is 6.26 Å². The van der Waals surface area contributed by atoms with Crippen LogP contribution in [0.2, 0.25) is 0 Å². The summed E-state index contributed by atoms with van der Waals surface area (Å²) >= 11 is 1.14. The highest BCUT2D eigenvalue weighted by Crippen LogP contribution is 2.27. The molecule has 2 fully saturated rings. The largest absolute Gasteiger partial charge is 0.347 e. The van der Waals surface area contributed by atoms with E-state index < -0.39 is 9.84 Å². The number of hydrogen-bond donors (Lipinski definition) is 1. The van der Waals surface area contributed by atoms with Crippen molar-refractivity contribution in [1.82, 2.24) is 15.2 Å². The predicted molar refractivity (Wildman–Crippen MR) is 91.0 cm³/mol. The second kappa shape index (κ2) is 6.44. The van der Waals surface area contributed by atoms with Crippen molar-refractivity contribution in [3.63, 3.8) is 0 Å². The monoisotopic (exact) mass is 371 g/mol. The van der Waals surface area contributed by atoms with Gasteiger partial charge < -0.3 is 10.2 Å². The summed E-state index contributed by atoms with van der Waals surface area (Å²) in [5, 5.41) is 4.27. The van der Waals surface area contributed by atoms with E-state index in [0.717, 1.165) is 30.7 Å². The fraction of sp³-hybridized carbons (Fsp3) is 0.667. The molecule has 1 aromatic rings. The molecule has 1 N–H and O–H groups in total. The van der Waals surface area contributed by atoms with Crippen molar-refractivity contribution in [2.75, 3.05) is 12.8 Å². The van der Waals surface area contributed by atoms with Gasteiger partial charge in [0.15, 0.2) is 5.01 Å². The van der Waals surface area contributed by atoms with Gasteiger partial charge in [-0.3, -0.25) is 9.59 Å². The molecular weight excluding hydrogens is 350 g/mol. The Hall–Kier alpha value is -1.48. The number of sulfone groups is 1. The molecule has 2 aliphatic rings. The maximum Gasteiger partial charge on any atom is 0.280 e. The van der Waals surface area contributed by atoms with Gasteiger partial charge in [-0.25, -0.2) is 13.4 Å². The second-order valence-corrected chi connectivity index (χ2v) is 9.80. The average Bonchev–Trinajstić information content (AvgIpc) is 3.08. The SMILES string of the molecule is CC1CCCN1C(=O)c1csc(C(=O)NC2CC(S(C)(=O)=O)C2)n1. The van der Waals surface area contributed by atoms with Crippen LogP contribution in [0.15, 0.2) is 5.38 Å². The molecule has 0 radical (unpaired) electrons.